The minimum atomic E-state index is 0.0205. The summed E-state index contributed by atoms with van der Waals surface area (Å²) < 4.78 is 5.38. The summed E-state index contributed by atoms with van der Waals surface area (Å²) in [5.41, 5.74) is 3.46. The molecule has 3 rings (SSSR count). The fraction of sp³-hybridized carbons (Fsp3) is 0.444. The van der Waals surface area contributed by atoms with Crippen molar-refractivity contribution in [2.75, 3.05) is 26.7 Å². The molecule has 1 aromatic carbocycles. The molecule has 1 saturated heterocycles. The first-order chi connectivity index (χ1) is 11.7. The number of nitrogens with zero attached hydrogens (tertiary/aromatic N) is 2. The molecule has 1 atom stereocenters. The number of carbonyl (C=O) groups excluding carboxylic acids is 1. The Hall–Kier alpha value is -1.92. The Morgan fingerprint density at radius 1 is 1.46 bits per heavy atom. The molecule has 1 amide bonds. The number of thiazole rings is 1. The van der Waals surface area contributed by atoms with Gasteiger partial charge in [0.2, 0.25) is 0 Å². The summed E-state index contributed by atoms with van der Waals surface area (Å²) in [7, 11) is 1.60. The molecule has 0 bridgehead atoms. The first kappa shape index (κ1) is 16.9. The Labute approximate surface area is 146 Å². The number of methoxy groups -OCH3 is 1. The van der Waals surface area contributed by atoms with Crippen molar-refractivity contribution in [3.63, 3.8) is 0 Å². The van der Waals surface area contributed by atoms with Crippen molar-refractivity contribution in [3.05, 3.63) is 45.9 Å². The number of rotatable bonds is 6. The molecule has 1 aliphatic rings. The largest absolute Gasteiger partial charge is 0.496 e. The highest BCUT2D eigenvalue weighted by molar-refractivity contribution is 7.09. The van der Waals surface area contributed by atoms with Gasteiger partial charge in [0, 0.05) is 11.4 Å². The molecule has 1 aliphatic heterocycles. The summed E-state index contributed by atoms with van der Waals surface area (Å²) >= 11 is 1.61. The van der Waals surface area contributed by atoms with Crippen LogP contribution in [-0.4, -0.2) is 42.5 Å². The standard InChI is InChI=1S/C18H23N3O2S/c1-13-17(24-12-20-13)11-21(10-14-7-8-19-9-14)18(22)15-5-3-4-6-16(15)23-2/h3-6,12,14,19H,7-11H2,1-2H3. The molecule has 128 valence electrons. The molecule has 24 heavy (non-hydrogen) atoms. The molecule has 0 radical (unpaired) electrons. The highest BCUT2D eigenvalue weighted by atomic mass is 32.1. The SMILES string of the molecule is COc1ccccc1C(=O)N(Cc1scnc1C)CC1CCNC1. The predicted molar refractivity (Wildman–Crippen MR) is 95.6 cm³/mol. The van der Waals surface area contributed by atoms with E-state index in [9.17, 15) is 4.79 Å². The zero-order valence-corrected chi connectivity index (χ0v) is 14.9. The van der Waals surface area contributed by atoms with E-state index in [0.29, 0.717) is 23.8 Å². The Kier molecular flexibility index (Phi) is 5.48. The summed E-state index contributed by atoms with van der Waals surface area (Å²) in [6.07, 6.45) is 1.11. The minimum absolute atomic E-state index is 0.0205. The highest BCUT2D eigenvalue weighted by Gasteiger charge is 2.25. The third-order valence-electron chi connectivity index (χ3n) is 4.44. The normalized spacial score (nSPS) is 17.0. The van der Waals surface area contributed by atoms with Crippen molar-refractivity contribution in [1.82, 2.24) is 15.2 Å². The van der Waals surface area contributed by atoms with Crippen LogP contribution in [0.4, 0.5) is 0 Å². The number of amides is 1. The van der Waals surface area contributed by atoms with Gasteiger partial charge in [-0.05, 0) is 44.5 Å². The first-order valence-electron chi connectivity index (χ1n) is 8.21. The summed E-state index contributed by atoms with van der Waals surface area (Å²) in [6.45, 7) is 5.35. The van der Waals surface area contributed by atoms with Crippen molar-refractivity contribution in [2.24, 2.45) is 5.92 Å². The molecular formula is C18H23N3O2S. The lowest BCUT2D eigenvalue weighted by molar-refractivity contribution is 0.0717. The van der Waals surface area contributed by atoms with Gasteiger partial charge in [-0.2, -0.15) is 0 Å². The Morgan fingerprint density at radius 3 is 2.96 bits per heavy atom. The number of aromatic nitrogens is 1. The van der Waals surface area contributed by atoms with E-state index in [0.717, 1.165) is 36.6 Å². The van der Waals surface area contributed by atoms with Gasteiger partial charge in [-0.25, -0.2) is 4.98 Å². The van der Waals surface area contributed by atoms with Crippen LogP contribution in [0.15, 0.2) is 29.8 Å². The molecule has 0 saturated carbocycles. The molecular weight excluding hydrogens is 322 g/mol. The fourth-order valence-corrected chi connectivity index (χ4v) is 3.84. The van der Waals surface area contributed by atoms with Gasteiger partial charge in [0.05, 0.1) is 30.4 Å². The molecule has 1 N–H and O–H groups in total. The lowest BCUT2D eigenvalue weighted by Gasteiger charge is -2.26. The lowest BCUT2D eigenvalue weighted by Crippen LogP contribution is -2.35. The number of para-hydroxylation sites is 1. The van der Waals surface area contributed by atoms with Gasteiger partial charge in [-0.1, -0.05) is 12.1 Å². The van der Waals surface area contributed by atoms with Crippen molar-refractivity contribution < 1.29 is 9.53 Å². The first-order valence-corrected chi connectivity index (χ1v) is 9.09. The van der Waals surface area contributed by atoms with E-state index in [4.69, 9.17) is 4.74 Å². The maximum absolute atomic E-state index is 13.2. The quantitative estimate of drug-likeness (QED) is 0.875. The van der Waals surface area contributed by atoms with Gasteiger partial charge < -0.3 is 15.0 Å². The Morgan fingerprint density at radius 2 is 2.29 bits per heavy atom. The Bertz CT molecular complexity index is 695. The van der Waals surface area contributed by atoms with E-state index in [2.05, 4.69) is 10.3 Å². The van der Waals surface area contributed by atoms with Crippen molar-refractivity contribution in [1.29, 1.82) is 0 Å². The predicted octanol–water partition coefficient (Wildman–Crippen LogP) is 2.71. The van der Waals surface area contributed by atoms with Gasteiger partial charge in [0.25, 0.3) is 5.91 Å². The van der Waals surface area contributed by atoms with Crippen LogP contribution in [0.3, 0.4) is 0 Å². The number of hydrogen-bond donors (Lipinski definition) is 1. The van der Waals surface area contributed by atoms with E-state index < -0.39 is 0 Å². The average molecular weight is 345 g/mol. The number of nitrogens with one attached hydrogen (secondary N) is 1. The van der Waals surface area contributed by atoms with Crippen LogP contribution >= 0.6 is 11.3 Å². The van der Waals surface area contributed by atoms with Crippen molar-refractivity contribution in [2.45, 2.75) is 19.9 Å². The summed E-state index contributed by atoms with van der Waals surface area (Å²) in [6, 6.07) is 7.43. The van der Waals surface area contributed by atoms with Crippen LogP contribution in [0.25, 0.3) is 0 Å². The molecule has 0 spiro atoms. The molecule has 2 aromatic rings. The second-order valence-electron chi connectivity index (χ2n) is 6.11. The molecule has 1 fully saturated rings. The molecule has 2 heterocycles. The molecule has 0 aliphatic carbocycles. The van der Waals surface area contributed by atoms with E-state index >= 15 is 0 Å². The number of aryl methyl sites for hydroxylation is 1. The maximum Gasteiger partial charge on any atom is 0.257 e. The van der Waals surface area contributed by atoms with Crippen LogP contribution in [0.2, 0.25) is 0 Å². The van der Waals surface area contributed by atoms with Crippen LogP contribution < -0.4 is 10.1 Å². The number of benzene rings is 1. The van der Waals surface area contributed by atoms with E-state index in [1.54, 1.807) is 18.4 Å². The molecule has 5 nitrogen and oxygen atoms in total. The smallest absolute Gasteiger partial charge is 0.257 e. The summed E-state index contributed by atoms with van der Waals surface area (Å²) in [5.74, 6) is 1.14. The lowest BCUT2D eigenvalue weighted by atomic mass is 10.1. The van der Waals surface area contributed by atoms with Crippen LogP contribution in [0, 0.1) is 12.8 Å². The van der Waals surface area contributed by atoms with E-state index in [1.807, 2.05) is 41.6 Å². The zero-order valence-electron chi connectivity index (χ0n) is 14.1. The van der Waals surface area contributed by atoms with Gasteiger partial charge in [0.1, 0.15) is 5.75 Å². The summed E-state index contributed by atoms with van der Waals surface area (Å²) in [4.78, 5) is 20.6. The monoisotopic (exact) mass is 345 g/mol. The van der Waals surface area contributed by atoms with Crippen molar-refractivity contribution in [3.8, 4) is 5.75 Å². The van der Waals surface area contributed by atoms with Crippen molar-refractivity contribution >= 4 is 17.2 Å². The third-order valence-corrected chi connectivity index (χ3v) is 5.36. The van der Waals surface area contributed by atoms with E-state index in [1.165, 1.54) is 0 Å². The van der Waals surface area contributed by atoms with Gasteiger partial charge in [-0.15, -0.1) is 11.3 Å². The van der Waals surface area contributed by atoms with Crippen LogP contribution in [-0.2, 0) is 6.54 Å². The second-order valence-corrected chi connectivity index (χ2v) is 7.05. The van der Waals surface area contributed by atoms with Gasteiger partial charge in [0.15, 0.2) is 0 Å². The molecule has 1 aromatic heterocycles. The second kappa shape index (κ2) is 7.77. The third kappa shape index (κ3) is 3.76. The summed E-state index contributed by atoms with van der Waals surface area (Å²) in [5, 5.41) is 3.38. The number of carbonyl (C=O) groups is 1. The molecule has 1 unspecified atom stereocenters. The van der Waals surface area contributed by atoms with Gasteiger partial charge >= 0.3 is 0 Å². The average Bonchev–Trinajstić information content (AvgIpc) is 3.26. The topological polar surface area (TPSA) is 54.5 Å². The van der Waals surface area contributed by atoms with Gasteiger partial charge in [-0.3, -0.25) is 4.79 Å². The fourth-order valence-electron chi connectivity index (χ4n) is 3.04. The van der Waals surface area contributed by atoms with Crippen LogP contribution in [0.5, 0.6) is 5.75 Å². The van der Waals surface area contributed by atoms with Crippen LogP contribution in [0.1, 0.15) is 27.3 Å². The minimum Gasteiger partial charge on any atom is -0.496 e. The highest BCUT2D eigenvalue weighted by Crippen LogP contribution is 2.24. The number of hydrogen-bond acceptors (Lipinski definition) is 5. The maximum atomic E-state index is 13.2. The zero-order chi connectivity index (χ0) is 16.9. The van der Waals surface area contributed by atoms with E-state index in [-0.39, 0.29) is 5.91 Å². The Balaban J connectivity index is 1.84. The number of ether oxygens (including phenoxy) is 1. The molecule has 6 heteroatoms.